The molecule has 0 atom stereocenters. The minimum Gasteiger partial charge on any atom is -0.388 e. The molecule has 1 aliphatic rings. The third-order valence-electron chi connectivity index (χ3n) is 3.23. The maximum Gasteiger partial charge on any atom is 0.157 e. The van der Waals surface area contributed by atoms with E-state index in [1.807, 2.05) is 11.9 Å². The van der Waals surface area contributed by atoms with Crippen molar-refractivity contribution >= 4 is 23.0 Å². The monoisotopic (exact) mass is 282 g/mol. The van der Waals surface area contributed by atoms with Gasteiger partial charge < -0.3 is 20.5 Å². The van der Waals surface area contributed by atoms with Crippen LogP contribution in [0.5, 0.6) is 0 Å². The Labute approximate surface area is 117 Å². The lowest BCUT2D eigenvalue weighted by atomic mass is 9.94. The van der Waals surface area contributed by atoms with Crippen molar-refractivity contribution < 1.29 is 9.84 Å². The number of aromatic nitrogens is 2. The van der Waals surface area contributed by atoms with Gasteiger partial charge in [0.15, 0.2) is 5.82 Å². The second kappa shape index (κ2) is 5.77. The van der Waals surface area contributed by atoms with Gasteiger partial charge in [-0.3, -0.25) is 0 Å². The van der Waals surface area contributed by atoms with E-state index in [4.69, 9.17) is 22.7 Å². The van der Waals surface area contributed by atoms with Crippen LogP contribution in [0, 0.1) is 0 Å². The molecule has 6 nitrogen and oxygen atoms in total. The maximum atomic E-state index is 10.5. The Morgan fingerprint density at radius 2 is 2.11 bits per heavy atom. The Kier molecular flexibility index (Phi) is 4.28. The number of nitrogens with zero attached hydrogens (tertiary/aromatic N) is 3. The lowest BCUT2D eigenvalue weighted by Crippen LogP contribution is -2.46. The molecule has 7 heteroatoms. The van der Waals surface area contributed by atoms with Gasteiger partial charge in [0.1, 0.15) is 10.7 Å². The number of aliphatic hydroxyl groups is 1. The molecule has 104 valence electrons. The molecule has 3 N–H and O–H groups in total. The van der Waals surface area contributed by atoms with Crippen molar-refractivity contribution in [3.8, 4) is 0 Å². The van der Waals surface area contributed by atoms with E-state index < -0.39 is 5.60 Å². The maximum absolute atomic E-state index is 10.5. The van der Waals surface area contributed by atoms with Gasteiger partial charge in [0, 0.05) is 52.0 Å². The summed E-state index contributed by atoms with van der Waals surface area (Å²) in [4.78, 5) is 10.4. The largest absolute Gasteiger partial charge is 0.388 e. The van der Waals surface area contributed by atoms with Gasteiger partial charge in [-0.15, -0.1) is 0 Å². The number of rotatable bonds is 4. The molecular weight excluding hydrogens is 264 g/mol. The summed E-state index contributed by atoms with van der Waals surface area (Å²) in [6, 6.07) is 0. The number of nitrogens with two attached hydrogens (primary N) is 1. The minimum atomic E-state index is -0.766. The zero-order chi connectivity index (χ0) is 13.9. The van der Waals surface area contributed by atoms with Crippen LogP contribution in [0.3, 0.4) is 0 Å². The first kappa shape index (κ1) is 14.1. The van der Waals surface area contributed by atoms with Crippen molar-refractivity contribution in [2.24, 2.45) is 5.73 Å². The number of hydrogen-bond donors (Lipinski definition) is 2. The molecule has 1 aromatic rings. The minimum absolute atomic E-state index is 0.203. The average molecular weight is 282 g/mol. The summed E-state index contributed by atoms with van der Waals surface area (Å²) < 4.78 is 5.27. The number of ether oxygens (including phenoxy) is 1. The zero-order valence-corrected chi connectivity index (χ0v) is 11.7. The first-order valence-electron chi connectivity index (χ1n) is 6.14. The van der Waals surface area contributed by atoms with E-state index in [1.54, 1.807) is 12.4 Å². The Bertz CT molecular complexity index is 463. The van der Waals surface area contributed by atoms with Crippen molar-refractivity contribution in [2.45, 2.75) is 18.4 Å². The Morgan fingerprint density at radius 3 is 2.74 bits per heavy atom. The Balaban J connectivity index is 2.15. The normalized spacial score (nSPS) is 18.0. The molecular formula is C12H18N4O2S. The number of hydrogen-bond acceptors (Lipinski definition) is 6. The van der Waals surface area contributed by atoms with E-state index in [0.717, 1.165) is 0 Å². The molecule has 0 aliphatic carbocycles. The van der Waals surface area contributed by atoms with Gasteiger partial charge in [0.25, 0.3) is 0 Å². The fourth-order valence-electron chi connectivity index (χ4n) is 2.21. The van der Waals surface area contributed by atoms with Gasteiger partial charge >= 0.3 is 0 Å². The van der Waals surface area contributed by atoms with Crippen molar-refractivity contribution in [3.05, 3.63) is 18.1 Å². The average Bonchev–Trinajstić information content (AvgIpc) is 2.39. The number of likely N-dealkylation sites (N-methyl/N-ethyl adjacent to an activating group) is 1. The third-order valence-corrected chi connectivity index (χ3v) is 3.42. The highest BCUT2D eigenvalue weighted by Gasteiger charge is 2.32. The molecule has 0 aromatic carbocycles. The van der Waals surface area contributed by atoms with Crippen LogP contribution < -0.4 is 10.6 Å². The van der Waals surface area contributed by atoms with Crippen LogP contribution in [-0.2, 0) is 4.74 Å². The van der Waals surface area contributed by atoms with E-state index in [-0.39, 0.29) is 4.99 Å². The van der Waals surface area contributed by atoms with Gasteiger partial charge in [-0.2, -0.15) is 0 Å². The SMILES string of the molecule is CN(CC1(O)CCOCC1)c1nccnc1C(N)=S. The van der Waals surface area contributed by atoms with Crippen LogP contribution in [0.4, 0.5) is 5.82 Å². The lowest BCUT2D eigenvalue weighted by Gasteiger charge is -2.36. The number of thiocarbonyl (C=S) groups is 1. The lowest BCUT2D eigenvalue weighted by molar-refractivity contribution is -0.0573. The summed E-state index contributed by atoms with van der Waals surface area (Å²) in [5.41, 5.74) is 5.35. The zero-order valence-electron chi connectivity index (χ0n) is 10.9. The highest BCUT2D eigenvalue weighted by molar-refractivity contribution is 7.80. The van der Waals surface area contributed by atoms with Gasteiger partial charge in [0.2, 0.25) is 0 Å². The molecule has 0 amide bonds. The molecule has 0 bridgehead atoms. The van der Waals surface area contributed by atoms with Gasteiger partial charge in [-0.1, -0.05) is 12.2 Å². The van der Waals surface area contributed by atoms with Crippen LogP contribution in [0.1, 0.15) is 18.5 Å². The summed E-state index contributed by atoms with van der Waals surface area (Å²) in [6.45, 7) is 1.60. The summed E-state index contributed by atoms with van der Waals surface area (Å²) in [5, 5.41) is 10.5. The van der Waals surface area contributed by atoms with Crippen molar-refractivity contribution in [2.75, 3.05) is 31.7 Å². The van der Waals surface area contributed by atoms with E-state index in [2.05, 4.69) is 9.97 Å². The molecule has 19 heavy (non-hydrogen) atoms. The van der Waals surface area contributed by atoms with E-state index >= 15 is 0 Å². The van der Waals surface area contributed by atoms with Gasteiger partial charge in [-0.05, 0) is 0 Å². The van der Waals surface area contributed by atoms with Gasteiger partial charge in [0.05, 0.1) is 5.60 Å². The topological polar surface area (TPSA) is 84.5 Å². The van der Waals surface area contributed by atoms with Crippen molar-refractivity contribution in [1.82, 2.24) is 9.97 Å². The molecule has 1 aliphatic heterocycles. The highest BCUT2D eigenvalue weighted by Crippen LogP contribution is 2.24. The summed E-state index contributed by atoms with van der Waals surface area (Å²) in [5.74, 6) is 0.593. The summed E-state index contributed by atoms with van der Waals surface area (Å²) in [6.07, 6.45) is 4.36. The van der Waals surface area contributed by atoms with E-state index in [1.165, 1.54) is 0 Å². The molecule has 0 radical (unpaired) electrons. The first-order valence-corrected chi connectivity index (χ1v) is 6.55. The Morgan fingerprint density at radius 1 is 1.47 bits per heavy atom. The molecule has 1 aromatic heterocycles. The second-order valence-electron chi connectivity index (χ2n) is 4.79. The summed E-state index contributed by atoms with van der Waals surface area (Å²) >= 11 is 4.97. The van der Waals surface area contributed by atoms with E-state index in [9.17, 15) is 5.11 Å². The fraction of sp³-hybridized carbons (Fsp3) is 0.583. The highest BCUT2D eigenvalue weighted by atomic mass is 32.1. The quantitative estimate of drug-likeness (QED) is 0.757. The predicted octanol–water partition coefficient (Wildman–Crippen LogP) is 0.0885. The van der Waals surface area contributed by atoms with Crippen molar-refractivity contribution in [1.29, 1.82) is 0 Å². The molecule has 2 heterocycles. The van der Waals surface area contributed by atoms with Gasteiger partial charge in [-0.25, -0.2) is 9.97 Å². The molecule has 0 spiro atoms. The standard InChI is InChI=1S/C12H18N4O2S/c1-16(8-12(17)2-6-18-7-3-12)11-9(10(13)19)14-4-5-15-11/h4-5,17H,2-3,6-8H2,1H3,(H2,13,19). The third kappa shape index (κ3) is 3.37. The van der Waals surface area contributed by atoms with Crippen LogP contribution in [0.15, 0.2) is 12.4 Å². The molecule has 1 fully saturated rings. The molecule has 1 saturated heterocycles. The van der Waals surface area contributed by atoms with Crippen molar-refractivity contribution in [3.63, 3.8) is 0 Å². The summed E-state index contributed by atoms with van der Waals surface area (Å²) in [7, 11) is 1.85. The molecule has 2 rings (SSSR count). The predicted molar refractivity (Wildman–Crippen MR) is 76.2 cm³/mol. The number of anilines is 1. The van der Waals surface area contributed by atoms with Crippen LogP contribution in [0.25, 0.3) is 0 Å². The Hall–Kier alpha value is -1.31. The van der Waals surface area contributed by atoms with E-state index in [0.29, 0.717) is 44.1 Å². The van der Waals surface area contributed by atoms with Crippen LogP contribution in [-0.4, -0.2) is 52.5 Å². The molecule has 0 saturated carbocycles. The fourth-order valence-corrected chi connectivity index (χ4v) is 2.35. The van der Waals surface area contributed by atoms with Crippen LogP contribution >= 0.6 is 12.2 Å². The first-order chi connectivity index (χ1) is 9.02. The molecule has 0 unspecified atom stereocenters. The van der Waals surface area contributed by atoms with Crippen LogP contribution in [0.2, 0.25) is 0 Å². The second-order valence-corrected chi connectivity index (χ2v) is 5.23. The smallest absolute Gasteiger partial charge is 0.157 e.